The van der Waals surface area contributed by atoms with Crippen LogP contribution >= 0.6 is 11.3 Å². The van der Waals surface area contributed by atoms with E-state index in [2.05, 4.69) is 84.7 Å². The van der Waals surface area contributed by atoms with Crippen molar-refractivity contribution >= 4 is 29.8 Å². The lowest BCUT2D eigenvalue weighted by Gasteiger charge is -2.32. The molecule has 0 spiro atoms. The molecule has 1 amide bonds. The summed E-state index contributed by atoms with van der Waals surface area (Å²) < 4.78 is 12.4. The van der Waals surface area contributed by atoms with Crippen molar-refractivity contribution in [1.29, 1.82) is 0 Å². The number of amides is 1. The van der Waals surface area contributed by atoms with E-state index in [1.807, 2.05) is 6.07 Å². The molecule has 31 heavy (non-hydrogen) atoms. The van der Waals surface area contributed by atoms with Gasteiger partial charge in [-0.1, -0.05) is 45.9 Å². The van der Waals surface area contributed by atoms with Crippen LogP contribution in [0.4, 0.5) is 0 Å². The zero-order valence-corrected chi connectivity index (χ0v) is 21.1. The van der Waals surface area contributed by atoms with E-state index in [1.165, 1.54) is 11.3 Å². The molecule has 0 bridgehead atoms. The maximum Gasteiger partial charge on any atom is 0.494 e. The Balaban J connectivity index is 1.77. The van der Waals surface area contributed by atoms with Crippen molar-refractivity contribution in [3.05, 3.63) is 45.4 Å². The monoisotopic (exact) mass is 442 g/mol. The molecule has 1 unspecified atom stereocenters. The molecule has 0 aliphatic carbocycles. The maximum absolute atomic E-state index is 12.9. The van der Waals surface area contributed by atoms with Gasteiger partial charge in [-0.2, -0.15) is 0 Å². The number of aromatic nitrogens is 1. The molecule has 1 aliphatic heterocycles. The molecule has 1 aliphatic rings. The number of carbonyl (C=O) groups is 1. The molecule has 1 saturated heterocycles. The third-order valence-corrected chi connectivity index (χ3v) is 7.70. The maximum atomic E-state index is 12.9. The molecular weight excluding hydrogens is 407 g/mol. The van der Waals surface area contributed by atoms with Crippen molar-refractivity contribution in [2.24, 2.45) is 0 Å². The molecular formula is C24H35BN2O3S. The Bertz CT molecular complexity index is 946. The minimum Gasteiger partial charge on any atom is -0.399 e. The van der Waals surface area contributed by atoms with Crippen LogP contribution < -0.4 is 10.8 Å². The molecule has 1 aromatic carbocycles. The Kier molecular flexibility index (Phi) is 6.44. The first-order valence-corrected chi connectivity index (χ1v) is 11.8. The highest BCUT2D eigenvalue weighted by atomic mass is 32.1. The van der Waals surface area contributed by atoms with Crippen molar-refractivity contribution in [3.8, 4) is 0 Å². The van der Waals surface area contributed by atoms with Crippen LogP contribution in [0.2, 0.25) is 0 Å². The summed E-state index contributed by atoms with van der Waals surface area (Å²) in [7, 11) is -0.388. The zero-order valence-electron chi connectivity index (χ0n) is 20.3. The first-order chi connectivity index (χ1) is 14.2. The van der Waals surface area contributed by atoms with Crippen LogP contribution in [0.3, 0.4) is 0 Å². The highest BCUT2D eigenvalue weighted by molar-refractivity contribution is 7.13. The highest BCUT2D eigenvalue weighted by Gasteiger charge is 2.51. The molecule has 2 aromatic rings. The zero-order chi connectivity index (χ0) is 23.2. The predicted molar refractivity (Wildman–Crippen MR) is 128 cm³/mol. The van der Waals surface area contributed by atoms with Gasteiger partial charge < -0.3 is 14.6 Å². The summed E-state index contributed by atoms with van der Waals surface area (Å²) in [5, 5.41) is 4.16. The summed E-state index contributed by atoms with van der Waals surface area (Å²) in [4.78, 5) is 18.0. The Morgan fingerprint density at radius 1 is 1.19 bits per heavy atom. The fourth-order valence-electron chi connectivity index (χ4n) is 3.57. The highest BCUT2D eigenvalue weighted by Crippen LogP contribution is 2.36. The summed E-state index contributed by atoms with van der Waals surface area (Å²) >= 11 is 1.46. The van der Waals surface area contributed by atoms with Crippen molar-refractivity contribution in [2.45, 2.75) is 91.4 Å². The topological polar surface area (TPSA) is 60.5 Å². The van der Waals surface area contributed by atoms with Gasteiger partial charge in [-0.15, -0.1) is 11.3 Å². The van der Waals surface area contributed by atoms with Crippen LogP contribution in [-0.4, -0.2) is 29.2 Å². The predicted octanol–water partition coefficient (Wildman–Crippen LogP) is 4.93. The Labute approximate surface area is 191 Å². The largest absolute Gasteiger partial charge is 0.494 e. The minimum atomic E-state index is -0.388. The normalized spacial score (nSPS) is 18.8. The average Bonchev–Trinajstić information content (AvgIpc) is 3.23. The lowest BCUT2D eigenvalue weighted by Crippen LogP contribution is -2.41. The molecule has 3 rings (SSSR count). The number of carbonyl (C=O) groups excluding carboxylic acids is 1. The number of rotatable bonds is 5. The number of thiazole rings is 1. The molecule has 1 N–H and O–H groups in total. The number of nitrogens with zero attached hydrogens (tertiary/aromatic N) is 1. The third kappa shape index (κ3) is 4.89. The van der Waals surface area contributed by atoms with Gasteiger partial charge in [0.25, 0.3) is 5.91 Å². The van der Waals surface area contributed by atoms with Crippen LogP contribution in [-0.2, 0) is 14.7 Å². The van der Waals surface area contributed by atoms with Crippen LogP contribution in [0.5, 0.6) is 0 Å². The molecule has 1 aromatic heterocycles. The van der Waals surface area contributed by atoms with E-state index in [-0.39, 0.29) is 35.7 Å². The minimum absolute atomic E-state index is 0.0622. The lowest BCUT2D eigenvalue weighted by atomic mass is 9.77. The Morgan fingerprint density at radius 2 is 1.81 bits per heavy atom. The van der Waals surface area contributed by atoms with E-state index in [0.717, 1.165) is 28.0 Å². The second-order valence-electron chi connectivity index (χ2n) is 10.4. The summed E-state index contributed by atoms with van der Waals surface area (Å²) in [6.45, 7) is 18.7. The van der Waals surface area contributed by atoms with Gasteiger partial charge in [0, 0.05) is 5.41 Å². The second-order valence-corrected chi connectivity index (χ2v) is 11.4. The van der Waals surface area contributed by atoms with Crippen molar-refractivity contribution in [2.75, 3.05) is 0 Å². The van der Waals surface area contributed by atoms with Crippen LogP contribution in [0.25, 0.3) is 0 Å². The first kappa shape index (κ1) is 24.0. The first-order valence-electron chi connectivity index (χ1n) is 11.0. The Morgan fingerprint density at radius 3 is 2.29 bits per heavy atom. The molecule has 5 nitrogen and oxygen atoms in total. The van der Waals surface area contributed by atoms with E-state index >= 15 is 0 Å². The summed E-state index contributed by atoms with van der Waals surface area (Å²) in [6, 6.07) is 6.16. The quantitative estimate of drug-likeness (QED) is 0.668. The smallest absolute Gasteiger partial charge is 0.399 e. The molecule has 1 fully saturated rings. The van der Waals surface area contributed by atoms with Crippen molar-refractivity contribution in [1.82, 2.24) is 10.3 Å². The number of aryl methyl sites for hydroxylation is 1. The van der Waals surface area contributed by atoms with Crippen LogP contribution in [0.15, 0.2) is 24.4 Å². The summed E-state index contributed by atoms with van der Waals surface area (Å²) in [6.07, 6.45) is 2.48. The van der Waals surface area contributed by atoms with Crippen LogP contribution in [0, 0.1) is 6.92 Å². The molecule has 0 saturated carbocycles. The SMILES string of the molecule is CCC(NC(=O)c1cnc(C(C)(C)C)s1)c1ccc(B2OC(C)(C)C(C)(C)O2)cc1C. The average molecular weight is 442 g/mol. The van der Waals surface area contributed by atoms with E-state index in [4.69, 9.17) is 9.31 Å². The van der Waals surface area contributed by atoms with Gasteiger partial charge in [0.15, 0.2) is 0 Å². The van der Waals surface area contributed by atoms with E-state index in [0.29, 0.717) is 4.88 Å². The van der Waals surface area contributed by atoms with Gasteiger partial charge in [-0.05, 0) is 57.6 Å². The van der Waals surface area contributed by atoms with Gasteiger partial charge in [0.2, 0.25) is 0 Å². The van der Waals surface area contributed by atoms with Crippen molar-refractivity contribution in [3.63, 3.8) is 0 Å². The second kappa shape index (κ2) is 8.34. The number of hydrogen-bond acceptors (Lipinski definition) is 5. The number of hydrogen-bond donors (Lipinski definition) is 1. The van der Waals surface area contributed by atoms with E-state index < -0.39 is 0 Å². The molecule has 0 radical (unpaired) electrons. The number of nitrogens with one attached hydrogen (secondary N) is 1. The van der Waals surface area contributed by atoms with Gasteiger partial charge in [-0.3, -0.25) is 4.79 Å². The molecule has 168 valence electrons. The molecule has 2 heterocycles. The van der Waals surface area contributed by atoms with Crippen LogP contribution in [0.1, 0.15) is 93.7 Å². The van der Waals surface area contributed by atoms with Crippen molar-refractivity contribution < 1.29 is 14.1 Å². The van der Waals surface area contributed by atoms with Gasteiger partial charge in [0.05, 0.1) is 28.4 Å². The fraction of sp³-hybridized carbons (Fsp3) is 0.583. The Hall–Kier alpha value is -1.70. The fourth-order valence-corrected chi connectivity index (χ4v) is 4.45. The van der Waals surface area contributed by atoms with E-state index in [9.17, 15) is 4.79 Å². The molecule has 1 atom stereocenters. The summed E-state index contributed by atoms with van der Waals surface area (Å²) in [5.41, 5.74) is 2.41. The van der Waals surface area contributed by atoms with Gasteiger partial charge in [-0.25, -0.2) is 4.98 Å². The molecule has 7 heteroatoms. The lowest BCUT2D eigenvalue weighted by molar-refractivity contribution is 0.00578. The number of benzene rings is 1. The third-order valence-electron chi connectivity index (χ3n) is 6.28. The standard InChI is InChI=1S/C24H35BN2O3S/c1-10-18(27-20(28)19-14-26-21(31-19)22(3,4)5)17-12-11-16(13-15(17)2)25-29-23(6,7)24(8,9)30-25/h11-14,18H,10H2,1-9H3,(H,27,28). The van der Waals surface area contributed by atoms with Gasteiger partial charge in [0.1, 0.15) is 4.88 Å². The summed E-state index contributed by atoms with van der Waals surface area (Å²) in [5.74, 6) is -0.0747. The van der Waals surface area contributed by atoms with E-state index in [1.54, 1.807) is 6.20 Å². The van der Waals surface area contributed by atoms with Gasteiger partial charge >= 0.3 is 7.12 Å².